The minimum atomic E-state index is -0.0886. The first-order valence-electron chi connectivity index (χ1n) is 12.5. The van der Waals surface area contributed by atoms with Crippen molar-refractivity contribution in [3.63, 3.8) is 0 Å². The predicted octanol–water partition coefficient (Wildman–Crippen LogP) is 2.92. The molecule has 5 rings (SSSR count). The Labute approximate surface area is 210 Å². The first-order valence-corrected chi connectivity index (χ1v) is 12.5. The molecule has 0 aliphatic carbocycles. The maximum atomic E-state index is 13.4. The number of fused-ring (bicyclic) bond motifs is 2. The van der Waals surface area contributed by atoms with Crippen LogP contribution in [0.2, 0.25) is 0 Å². The highest BCUT2D eigenvalue weighted by atomic mass is 16.6. The van der Waals surface area contributed by atoms with E-state index in [9.17, 15) is 9.59 Å². The lowest BCUT2D eigenvalue weighted by atomic mass is 10.1. The number of amides is 1. The minimum Gasteiger partial charge on any atom is -0.486 e. The second kappa shape index (κ2) is 10.1. The van der Waals surface area contributed by atoms with Crippen molar-refractivity contribution in [2.45, 2.75) is 33.7 Å². The third-order valence-electron chi connectivity index (χ3n) is 6.71. The van der Waals surface area contributed by atoms with Crippen molar-refractivity contribution in [2.24, 2.45) is 0 Å². The van der Waals surface area contributed by atoms with Gasteiger partial charge in [-0.15, -0.1) is 0 Å². The van der Waals surface area contributed by atoms with Crippen LogP contribution in [-0.4, -0.2) is 66.4 Å². The zero-order chi connectivity index (χ0) is 25.2. The molecular formula is C27H32N4O5. The van der Waals surface area contributed by atoms with Gasteiger partial charge in [-0.25, -0.2) is 4.98 Å². The van der Waals surface area contributed by atoms with Crippen LogP contribution in [0.15, 0.2) is 35.1 Å². The number of aromatic nitrogens is 2. The summed E-state index contributed by atoms with van der Waals surface area (Å²) in [6.07, 6.45) is 0.804. The summed E-state index contributed by atoms with van der Waals surface area (Å²) in [5.41, 5.74) is 2.53. The third-order valence-corrected chi connectivity index (χ3v) is 6.71. The molecule has 9 heteroatoms. The molecular weight excluding hydrogens is 460 g/mol. The maximum absolute atomic E-state index is 13.4. The molecule has 0 radical (unpaired) electrons. The van der Waals surface area contributed by atoms with E-state index in [4.69, 9.17) is 19.2 Å². The minimum absolute atomic E-state index is 0.00758. The molecule has 1 aromatic heterocycles. The molecule has 2 aromatic carbocycles. The van der Waals surface area contributed by atoms with Gasteiger partial charge in [-0.05, 0) is 37.5 Å². The lowest BCUT2D eigenvalue weighted by Crippen LogP contribution is -2.51. The molecule has 36 heavy (non-hydrogen) atoms. The van der Waals surface area contributed by atoms with Crippen LogP contribution >= 0.6 is 0 Å². The molecule has 0 saturated carbocycles. The molecule has 1 fully saturated rings. The summed E-state index contributed by atoms with van der Waals surface area (Å²) < 4.78 is 19.0. The van der Waals surface area contributed by atoms with Crippen LogP contribution in [-0.2, 0) is 11.3 Å². The average Bonchev–Trinajstić information content (AvgIpc) is 2.89. The fraction of sp³-hybridized carbons (Fsp3) is 0.444. The van der Waals surface area contributed by atoms with Crippen LogP contribution < -0.4 is 24.7 Å². The van der Waals surface area contributed by atoms with Gasteiger partial charge in [-0.2, -0.15) is 0 Å². The largest absolute Gasteiger partial charge is 0.486 e. The van der Waals surface area contributed by atoms with E-state index < -0.39 is 0 Å². The maximum Gasteiger partial charge on any atom is 0.262 e. The SMILES string of the molecule is CCCn1c(N2CCN(C(=O)COc3c(C)cccc3C)CC2)nc2cc3c(cc2c1=O)OCCO3. The summed E-state index contributed by atoms with van der Waals surface area (Å²) in [6, 6.07) is 9.46. The van der Waals surface area contributed by atoms with E-state index in [-0.39, 0.29) is 18.1 Å². The monoisotopic (exact) mass is 492 g/mol. The van der Waals surface area contributed by atoms with Gasteiger partial charge in [-0.1, -0.05) is 25.1 Å². The lowest BCUT2D eigenvalue weighted by molar-refractivity contribution is -0.133. The van der Waals surface area contributed by atoms with E-state index in [0.717, 1.165) is 23.3 Å². The Morgan fingerprint density at radius 2 is 1.69 bits per heavy atom. The molecule has 0 atom stereocenters. The van der Waals surface area contributed by atoms with Crippen LogP contribution in [0.3, 0.4) is 0 Å². The van der Waals surface area contributed by atoms with E-state index in [1.165, 1.54) is 0 Å². The smallest absolute Gasteiger partial charge is 0.262 e. The van der Waals surface area contributed by atoms with E-state index in [2.05, 4.69) is 4.90 Å². The van der Waals surface area contributed by atoms with Crippen LogP contribution in [0, 0.1) is 13.8 Å². The van der Waals surface area contributed by atoms with Gasteiger partial charge in [0.1, 0.15) is 19.0 Å². The number of hydrogen-bond acceptors (Lipinski definition) is 7. The molecule has 0 N–H and O–H groups in total. The number of aryl methyl sites for hydroxylation is 2. The Bertz CT molecular complexity index is 1320. The lowest BCUT2D eigenvalue weighted by Gasteiger charge is -2.36. The zero-order valence-corrected chi connectivity index (χ0v) is 21.1. The Kier molecular flexibility index (Phi) is 6.71. The molecule has 0 spiro atoms. The topological polar surface area (TPSA) is 86.1 Å². The highest BCUT2D eigenvalue weighted by molar-refractivity contribution is 5.83. The molecule has 2 aliphatic heterocycles. The quantitative estimate of drug-likeness (QED) is 0.523. The number of para-hydroxylation sites is 1. The van der Waals surface area contributed by atoms with Crippen molar-refractivity contribution in [1.29, 1.82) is 0 Å². The molecule has 3 heterocycles. The summed E-state index contributed by atoms with van der Waals surface area (Å²) in [7, 11) is 0. The van der Waals surface area contributed by atoms with Crippen LogP contribution in [0.25, 0.3) is 10.9 Å². The van der Waals surface area contributed by atoms with Gasteiger partial charge < -0.3 is 24.0 Å². The Balaban J connectivity index is 1.33. The summed E-state index contributed by atoms with van der Waals surface area (Å²) >= 11 is 0. The molecule has 1 saturated heterocycles. The van der Waals surface area contributed by atoms with E-state index in [0.29, 0.717) is 74.3 Å². The summed E-state index contributed by atoms with van der Waals surface area (Å²) in [5, 5.41) is 0.522. The van der Waals surface area contributed by atoms with E-state index in [1.807, 2.05) is 43.9 Å². The van der Waals surface area contributed by atoms with Gasteiger partial charge >= 0.3 is 0 Å². The van der Waals surface area contributed by atoms with Crippen LogP contribution in [0.4, 0.5) is 5.95 Å². The van der Waals surface area contributed by atoms with E-state index in [1.54, 1.807) is 16.7 Å². The Hall–Kier alpha value is -3.75. The van der Waals surface area contributed by atoms with Gasteiger partial charge in [0.2, 0.25) is 5.95 Å². The molecule has 0 unspecified atom stereocenters. The van der Waals surface area contributed by atoms with Crippen molar-refractivity contribution in [3.05, 3.63) is 51.8 Å². The molecule has 9 nitrogen and oxygen atoms in total. The molecule has 3 aromatic rings. The first-order chi connectivity index (χ1) is 17.5. The van der Waals surface area contributed by atoms with Crippen molar-refractivity contribution >= 4 is 22.8 Å². The number of rotatable bonds is 6. The van der Waals surface area contributed by atoms with E-state index >= 15 is 0 Å². The first kappa shape index (κ1) is 24.0. The molecule has 190 valence electrons. The van der Waals surface area contributed by atoms with Crippen molar-refractivity contribution in [1.82, 2.24) is 14.5 Å². The molecule has 1 amide bonds. The Morgan fingerprint density at radius 3 is 2.36 bits per heavy atom. The summed E-state index contributed by atoms with van der Waals surface area (Å²) in [5.74, 6) is 2.55. The van der Waals surface area contributed by atoms with Crippen molar-refractivity contribution in [3.8, 4) is 17.2 Å². The van der Waals surface area contributed by atoms with Gasteiger partial charge in [-0.3, -0.25) is 14.2 Å². The highest BCUT2D eigenvalue weighted by Crippen LogP contribution is 2.33. The normalized spacial score (nSPS) is 15.3. The van der Waals surface area contributed by atoms with Gasteiger partial charge in [0.05, 0.1) is 10.9 Å². The zero-order valence-electron chi connectivity index (χ0n) is 21.1. The number of carbonyl (C=O) groups is 1. The third kappa shape index (κ3) is 4.57. The Morgan fingerprint density at radius 1 is 1.03 bits per heavy atom. The standard InChI is InChI=1S/C27H32N4O5/c1-4-8-31-26(33)20-15-22-23(35-14-13-34-22)16-21(20)28-27(31)30-11-9-29(10-12-30)24(32)17-36-25-18(2)6-5-7-19(25)3/h5-7,15-16H,4,8-14,17H2,1-3H3. The van der Waals surface area contributed by atoms with Gasteiger partial charge in [0, 0.05) is 38.8 Å². The number of hydrogen-bond donors (Lipinski definition) is 0. The molecule has 2 aliphatic rings. The summed E-state index contributed by atoms with van der Waals surface area (Å²) in [6.45, 7) is 9.75. The summed E-state index contributed by atoms with van der Waals surface area (Å²) in [4.78, 5) is 35.1. The fourth-order valence-corrected chi connectivity index (χ4v) is 4.82. The highest BCUT2D eigenvalue weighted by Gasteiger charge is 2.26. The number of carbonyl (C=O) groups excluding carboxylic acids is 1. The number of ether oxygens (including phenoxy) is 3. The second-order valence-electron chi connectivity index (χ2n) is 9.26. The molecule has 0 bridgehead atoms. The number of anilines is 1. The van der Waals surface area contributed by atoms with Crippen LogP contribution in [0.1, 0.15) is 24.5 Å². The van der Waals surface area contributed by atoms with Crippen LogP contribution in [0.5, 0.6) is 17.2 Å². The average molecular weight is 493 g/mol. The number of nitrogens with zero attached hydrogens (tertiary/aromatic N) is 4. The van der Waals surface area contributed by atoms with Crippen molar-refractivity contribution < 1.29 is 19.0 Å². The van der Waals surface area contributed by atoms with Gasteiger partial charge in [0.15, 0.2) is 18.1 Å². The fourth-order valence-electron chi connectivity index (χ4n) is 4.82. The van der Waals surface area contributed by atoms with Crippen molar-refractivity contribution in [2.75, 3.05) is 50.9 Å². The number of piperazine rings is 1. The second-order valence-corrected chi connectivity index (χ2v) is 9.26. The number of benzene rings is 2. The predicted molar refractivity (Wildman–Crippen MR) is 137 cm³/mol. The van der Waals surface area contributed by atoms with Gasteiger partial charge in [0.25, 0.3) is 11.5 Å².